The molecule has 1 heterocycles. The molecule has 0 radical (unpaired) electrons. The molecule has 2 aromatic carbocycles. The van der Waals surface area contributed by atoms with E-state index >= 15 is 0 Å². The molecule has 2 aromatic rings. The number of piperidine rings is 1. The Morgan fingerprint density at radius 1 is 1.00 bits per heavy atom. The number of aryl methyl sites for hydroxylation is 3. The molecule has 1 aliphatic rings. The van der Waals surface area contributed by atoms with Crippen LogP contribution in [0.4, 0.5) is 10.5 Å². The lowest BCUT2D eigenvalue weighted by atomic mass is 9.95. The summed E-state index contributed by atoms with van der Waals surface area (Å²) in [6, 6.07) is 13.6. The number of carbonyl (C=O) groups is 2. The molecule has 3 amide bonds. The van der Waals surface area contributed by atoms with Crippen molar-refractivity contribution in [3.63, 3.8) is 0 Å². The summed E-state index contributed by atoms with van der Waals surface area (Å²) < 4.78 is 0. The summed E-state index contributed by atoms with van der Waals surface area (Å²) in [5, 5.41) is 6.00. The van der Waals surface area contributed by atoms with Crippen molar-refractivity contribution in [3.05, 3.63) is 64.7 Å². The Bertz CT molecular complexity index is 817. The third-order valence-corrected chi connectivity index (χ3v) is 5.46. The fraction of sp³-hybridized carbons (Fsp3) is 0.391. The number of benzene rings is 2. The maximum Gasteiger partial charge on any atom is 0.321 e. The second-order valence-corrected chi connectivity index (χ2v) is 7.65. The van der Waals surface area contributed by atoms with E-state index in [1.807, 2.05) is 30.3 Å². The first-order chi connectivity index (χ1) is 13.4. The van der Waals surface area contributed by atoms with Gasteiger partial charge in [0, 0.05) is 31.2 Å². The van der Waals surface area contributed by atoms with Gasteiger partial charge in [0.15, 0.2) is 0 Å². The van der Waals surface area contributed by atoms with Gasteiger partial charge in [-0.25, -0.2) is 4.79 Å². The van der Waals surface area contributed by atoms with Crippen LogP contribution in [0, 0.1) is 26.7 Å². The Labute approximate surface area is 167 Å². The third kappa shape index (κ3) is 4.91. The Morgan fingerprint density at radius 3 is 2.21 bits per heavy atom. The van der Waals surface area contributed by atoms with Gasteiger partial charge in [-0.15, -0.1) is 0 Å². The van der Waals surface area contributed by atoms with Crippen LogP contribution in [0.5, 0.6) is 0 Å². The summed E-state index contributed by atoms with van der Waals surface area (Å²) in [4.78, 5) is 26.8. The highest BCUT2D eigenvalue weighted by molar-refractivity contribution is 5.89. The van der Waals surface area contributed by atoms with E-state index in [0.717, 1.165) is 5.69 Å². The molecule has 0 bridgehead atoms. The van der Waals surface area contributed by atoms with Crippen molar-refractivity contribution in [2.45, 2.75) is 40.2 Å². The Morgan fingerprint density at radius 2 is 1.61 bits per heavy atom. The highest BCUT2D eigenvalue weighted by atomic mass is 16.2. The first-order valence-corrected chi connectivity index (χ1v) is 9.89. The number of amides is 3. The maximum atomic E-state index is 12.6. The Hall–Kier alpha value is -2.82. The second kappa shape index (κ2) is 8.91. The highest BCUT2D eigenvalue weighted by Gasteiger charge is 2.27. The van der Waals surface area contributed by atoms with Crippen LogP contribution in [0.1, 0.15) is 35.1 Å². The molecule has 2 N–H and O–H groups in total. The molecular weight excluding hydrogens is 350 g/mol. The fourth-order valence-electron chi connectivity index (χ4n) is 3.88. The van der Waals surface area contributed by atoms with Crippen molar-refractivity contribution >= 4 is 17.6 Å². The van der Waals surface area contributed by atoms with E-state index in [2.05, 4.69) is 43.5 Å². The van der Waals surface area contributed by atoms with Crippen molar-refractivity contribution in [1.82, 2.24) is 10.2 Å². The van der Waals surface area contributed by atoms with Gasteiger partial charge in [-0.05, 0) is 62.4 Å². The zero-order valence-corrected chi connectivity index (χ0v) is 16.9. The molecule has 1 aliphatic heterocycles. The van der Waals surface area contributed by atoms with Gasteiger partial charge in [-0.1, -0.05) is 35.9 Å². The number of likely N-dealkylation sites (tertiary alicyclic amines) is 1. The minimum Gasteiger partial charge on any atom is -0.352 e. The highest BCUT2D eigenvalue weighted by Crippen LogP contribution is 2.20. The number of carbonyl (C=O) groups excluding carboxylic acids is 2. The lowest BCUT2D eigenvalue weighted by Crippen LogP contribution is -2.44. The lowest BCUT2D eigenvalue weighted by Gasteiger charge is -2.31. The Kier molecular flexibility index (Phi) is 6.34. The SMILES string of the molecule is Cc1cc(C)c(CNC(=O)C2CCN(C(=O)Nc3ccccc3)CC2)c(C)c1. The number of nitrogens with zero attached hydrogens (tertiary/aromatic N) is 1. The van der Waals surface area contributed by atoms with Crippen molar-refractivity contribution in [3.8, 4) is 0 Å². The van der Waals surface area contributed by atoms with Crippen molar-refractivity contribution in [1.29, 1.82) is 0 Å². The minimum absolute atomic E-state index is 0.0353. The van der Waals surface area contributed by atoms with E-state index in [1.54, 1.807) is 4.90 Å². The monoisotopic (exact) mass is 379 g/mol. The van der Waals surface area contributed by atoms with Gasteiger partial charge in [0.1, 0.15) is 0 Å². The van der Waals surface area contributed by atoms with Crippen LogP contribution in [-0.4, -0.2) is 29.9 Å². The number of para-hydroxylation sites is 1. The number of hydrogen-bond donors (Lipinski definition) is 2. The van der Waals surface area contributed by atoms with Crippen molar-refractivity contribution in [2.24, 2.45) is 5.92 Å². The van der Waals surface area contributed by atoms with Gasteiger partial charge in [0.25, 0.3) is 0 Å². The maximum absolute atomic E-state index is 12.6. The smallest absolute Gasteiger partial charge is 0.321 e. The van der Waals surface area contributed by atoms with E-state index in [-0.39, 0.29) is 17.9 Å². The molecule has 148 valence electrons. The molecule has 5 nitrogen and oxygen atoms in total. The average Bonchev–Trinajstić information content (AvgIpc) is 2.68. The zero-order valence-electron chi connectivity index (χ0n) is 16.9. The van der Waals surface area contributed by atoms with E-state index in [1.165, 1.54) is 22.3 Å². The molecule has 28 heavy (non-hydrogen) atoms. The van der Waals surface area contributed by atoms with E-state index in [0.29, 0.717) is 32.5 Å². The molecule has 0 unspecified atom stereocenters. The van der Waals surface area contributed by atoms with Crippen molar-refractivity contribution < 1.29 is 9.59 Å². The summed E-state index contributed by atoms with van der Waals surface area (Å²) in [7, 11) is 0. The third-order valence-electron chi connectivity index (χ3n) is 5.46. The Balaban J connectivity index is 1.48. The molecule has 0 spiro atoms. The van der Waals surface area contributed by atoms with Crippen molar-refractivity contribution in [2.75, 3.05) is 18.4 Å². The predicted molar refractivity (Wildman–Crippen MR) is 112 cm³/mol. The quantitative estimate of drug-likeness (QED) is 0.837. The molecule has 0 aliphatic carbocycles. The van der Waals surface area contributed by atoms with E-state index < -0.39 is 0 Å². The van der Waals surface area contributed by atoms with Gasteiger partial charge in [0.2, 0.25) is 5.91 Å². The first-order valence-electron chi connectivity index (χ1n) is 9.89. The van der Waals surface area contributed by atoms with Gasteiger partial charge < -0.3 is 15.5 Å². The van der Waals surface area contributed by atoms with Crippen LogP contribution in [-0.2, 0) is 11.3 Å². The number of urea groups is 1. The number of nitrogens with one attached hydrogen (secondary N) is 2. The summed E-state index contributed by atoms with van der Waals surface area (Å²) in [6.45, 7) is 8.02. The number of anilines is 1. The summed E-state index contributed by atoms with van der Waals surface area (Å²) in [5.74, 6) is 0.0503. The predicted octanol–water partition coefficient (Wildman–Crippen LogP) is 4.17. The van der Waals surface area contributed by atoms with Gasteiger partial charge in [-0.3, -0.25) is 4.79 Å². The van der Waals surface area contributed by atoms with Crippen LogP contribution < -0.4 is 10.6 Å². The van der Waals surface area contributed by atoms with Crippen LogP contribution in [0.3, 0.4) is 0 Å². The van der Waals surface area contributed by atoms with Gasteiger partial charge in [-0.2, -0.15) is 0 Å². The van der Waals surface area contributed by atoms with Crippen LogP contribution in [0.25, 0.3) is 0 Å². The van der Waals surface area contributed by atoms with Crippen LogP contribution >= 0.6 is 0 Å². The molecule has 0 atom stereocenters. The molecular formula is C23H29N3O2. The van der Waals surface area contributed by atoms with E-state index in [9.17, 15) is 9.59 Å². The summed E-state index contributed by atoms with van der Waals surface area (Å²) >= 11 is 0. The van der Waals surface area contributed by atoms with Gasteiger partial charge >= 0.3 is 6.03 Å². The minimum atomic E-state index is -0.101. The van der Waals surface area contributed by atoms with Gasteiger partial charge in [0.05, 0.1) is 0 Å². The lowest BCUT2D eigenvalue weighted by molar-refractivity contribution is -0.126. The largest absolute Gasteiger partial charge is 0.352 e. The molecule has 1 fully saturated rings. The number of rotatable bonds is 4. The molecule has 0 saturated carbocycles. The standard InChI is InChI=1S/C23H29N3O2/c1-16-13-17(2)21(18(3)14-16)15-24-22(27)19-9-11-26(12-10-19)23(28)25-20-7-5-4-6-8-20/h4-8,13-14,19H,9-12,15H2,1-3H3,(H,24,27)(H,25,28). The summed E-state index contributed by atoms with van der Waals surface area (Å²) in [5.41, 5.74) is 5.65. The van der Waals surface area contributed by atoms with E-state index in [4.69, 9.17) is 0 Å². The molecule has 1 saturated heterocycles. The topological polar surface area (TPSA) is 61.4 Å². The fourth-order valence-corrected chi connectivity index (χ4v) is 3.88. The zero-order chi connectivity index (χ0) is 20.1. The van der Waals surface area contributed by atoms with Crippen LogP contribution in [0.15, 0.2) is 42.5 Å². The average molecular weight is 380 g/mol. The molecule has 3 rings (SSSR count). The normalized spacial score (nSPS) is 14.6. The van der Waals surface area contributed by atoms with Crippen LogP contribution in [0.2, 0.25) is 0 Å². The molecule has 0 aromatic heterocycles. The first kappa shape index (κ1) is 19.9. The second-order valence-electron chi connectivity index (χ2n) is 7.65. The molecule has 5 heteroatoms. The number of hydrogen-bond acceptors (Lipinski definition) is 2. The summed E-state index contributed by atoms with van der Waals surface area (Å²) in [6.07, 6.45) is 1.39.